The van der Waals surface area contributed by atoms with E-state index in [1.807, 2.05) is 91.9 Å². The van der Waals surface area contributed by atoms with E-state index in [1.54, 1.807) is 85.6 Å². The Bertz CT molecular complexity index is 6970. The smallest absolute Gasteiger partial charge is 0.354 e. The number of primary sulfonamides is 1. The number of aromatic amines is 4. The Morgan fingerprint density at radius 1 is 0.500 bits per heavy atom. The summed E-state index contributed by atoms with van der Waals surface area (Å²) in [6.45, 7) is 17.4. The standard InChI is InChI=1S/C37H41ClFN5O2.C36H43ClFN9O.C30H38ClFN8O3S/c1-23(2)6-3-8-25-18-30(35(39)31(38)19-25)33-21-27-22-44(37(46)43-36(27)42-33)29-14-12-26(13-15-29)32-11-5-10-28(41-32)9-4-7-24-16-17-40-34(45)20-24;1-22(2)5-4-6-25-16-29(33(38)30(37)17-25)31-18-26-21-47(36(48)46-34(26)45-31)28-9-7-24(8-10-28)19-43-27(12-14-42-35(39)40)20-44-32-15-23(3)11-13-41-32;1-18(2)4-3-5-20-12-24(27(32)25(31)13-20)26-14-21-16-40(30(41)39-28(21)38-26)23-8-6-19(7-9-23)15-37-22(17-44(35,42)43)10-11-36-29(33)34/h12-23,28,32,41H,3-11H2,1-2H3,(H,40,45)(H,42,43,46);7-11,13,15-18,21-22,27,43H,4-6,12,14,19-20H2,1-3H3,(H,41,44)(H4,39,40,42)(H,45,46,48);6-9,12-14,16,18,22,37H,3-5,10-11,15,17H2,1-2H3,(H4,33,34,36)(H2,35,42,43)(H,38,39,41)/t28-,32+;27-;22-/m111/s1. The van der Waals surface area contributed by atoms with Gasteiger partial charge in [-0.15, -0.1) is 0 Å². The van der Waals surface area contributed by atoms with Gasteiger partial charge >= 0.3 is 17.1 Å². The Balaban J connectivity index is 0.000000175. The minimum atomic E-state index is -3.72. The minimum absolute atomic E-state index is 0.0487. The lowest BCUT2D eigenvalue weighted by Crippen LogP contribution is -2.38. The lowest BCUT2D eigenvalue weighted by molar-refractivity contribution is 0.308. The highest BCUT2D eigenvalue weighted by Gasteiger charge is 2.26. The predicted octanol–water partition coefficient (Wildman–Crippen LogP) is 17.7. The highest BCUT2D eigenvalue weighted by atomic mass is 35.5. The molecule has 4 atom stereocenters. The normalized spacial score (nSPS) is 13.8. The summed E-state index contributed by atoms with van der Waals surface area (Å²) in [4.78, 5) is 87.8. The minimum Gasteiger partial charge on any atom is -0.370 e. The van der Waals surface area contributed by atoms with Gasteiger partial charge in [0, 0.05) is 127 Å². The molecule has 28 nitrogen and oxygen atoms in total. The van der Waals surface area contributed by atoms with E-state index in [0.29, 0.717) is 141 Å². The van der Waals surface area contributed by atoms with Crippen LogP contribution in [0.25, 0.3) is 83.9 Å². The molecule has 8 aromatic heterocycles. The Morgan fingerprint density at radius 2 is 0.913 bits per heavy atom. The maximum atomic E-state index is 15.2. The Kier molecular flexibility index (Phi) is 35.9. The third-order valence-corrected chi connectivity index (χ3v) is 26.0. The number of sulfonamides is 1. The van der Waals surface area contributed by atoms with Crippen molar-refractivity contribution < 1.29 is 21.6 Å². The summed E-state index contributed by atoms with van der Waals surface area (Å²) in [5.74, 6) is 0.766. The van der Waals surface area contributed by atoms with Crippen LogP contribution in [-0.4, -0.2) is 117 Å². The van der Waals surface area contributed by atoms with Crippen LogP contribution in [0.4, 0.5) is 19.0 Å². The number of nitrogens with one attached hydrogen (secondary N) is 8. The van der Waals surface area contributed by atoms with Crippen molar-refractivity contribution in [3.63, 3.8) is 0 Å². The monoisotopic (exact) mass is 1960 g/mol. The molecule has 18 N–H and O–H groups in total. The molecule has 0 radical (unpaired) electrons. The molecule has 9 heterocycles. The first kappa shape index (κ1) is 103. The molecule has 1 aliphatic rings. The number of aliphatic imine (C=N–C) groups is 2. The number of nitrogens with zero attached hydrogens (tertiary/aromatic N) is 9. The molecule has 138 heavy (non-hydrogen) atoms. The van der Waals surface area contributed by atoms with Crippen molar-refractivity contribution in [3.8, 4) is 50.8 Å². The molecule has 1 aliphatic heterocycles. The number of hydrogen-bond acceptors (Lipinski definition) is 16. The number of nitrogens with two attached hydrogens (primary N) is 5. The number of fused-ring (bicyclic) bond motifs is 3. The van der Waals surface area contributed by atoms with Gasteiger partial charge in [-0.2, -0.15) is 15.0 Å². The van der Waals surface area contributed by atoms with Crippen molar-refractivity contribution in [1.29, 1.82) is 0 Å². The number of anilines is 1. The van der Waals surface area contributed by atoms with Gasteiger partial charge in [0.15, 0.2) is 29.4 Å². The molecule has 1 saturated heterocycles. The van der Waals surface area contributed by atoms with E-state index in [4.69, 9.17) is 62.9 Å². The molecule has 0 bridgehead atoms. The maximum absolute atomic E-state index is 15.2. The van der Waals surface area contributed by atoms with Crippen LogP contribution in [0.1, 0.15) is 176 Å². The molecule has 0 unspecified atom stereocenters. The summed E-state index contributed by atoms with van der Waals surface area (Å²) in [6.07, 6.45) is 24.6. The molecule has 0 aliphatic carbocycles. The number of pyridine rings is 2. The summed E-state index contributed by atoms with van der Waals surface area (Å²) in [5.41, 5.74) is 34.2. The van der Waals surface area contributed by atoms with E-state index in [2.05, 4.69) is 125 Å². The molecule has 0 amide bonds. The number of H-pyrrole nitrogens is 4. The van der Waals surface area contributed by atoms with E-state index in [0.717, 1.165) is 147 Å². The second-order valence-electron chi connectivity index (χ2n) is 36.8. The number of aromatic nitrogens is 11. The van der Waals surface area contributed by atoms with E-state index >= 15 is 13.2 Å². The van der Waals surface area contributed by atoms with E-state index in [9.17, 15) is 27.6 Å². The van der Waals surface area contributed by atoms with Crippen molar-refractivity contribution in [1.82, 2.24) is 69.5 Å². The number of hydrogen-bond donors (Lipinski definition) is 13. The number of piperidine rings is 1. The van der Waals surface area contributed by atoms with Crippen molar-refractivity contribution in [3.05, 3.63) is 301 Å². The zero-order valence-corrected chi connectivity index (χ0v) is 81.7. The van der Waals surface area contributed by atoms with Gasteiger partial charge in [-0.1, -0.05) is 138 Å². The lowest BCUT2D eigenvalue weighted by Gasteiger charge is -2.31. The van der Waals surface area contributed by atoms with Crippen LogP contribution in [0.15, 0.2) is 212 Å². The van der Waals surface area contributed by atoms with E-state index in [-0.39, 0.29) is 56.9 Å². The highest BCUT2D eigenvalue weighted by Crippen LogP contribution is 2.37. The Labute approximate surface area is 815 Å². The number of rotatable bonds is 40. The third-order valence-electron chi connectivity index (χ3n) is 24.4. The van der Waals surface area contributed by atoms with Crippen molar-refractivity contribution in [2.24, 2.45) is 55.8 Å². The molecular weight excluding hydrogens is 1840 g/mol. The molecule has 6 aromatic carbocycles. The molecule has 728 valence electrons. The molecule has 14 aromatic rings. The van der Waals surface area contributed by atoms with Crippen molar-refractivity contribution in [2.45, 2.75) is 195 Å². The Morgan fingerprint density at radius 3 is 1.32 bits per heavy atom. The van der Waals surface area contributed by atoms with Crippen LogP contribution in [0.2, 0.25) is 15.1 Å². The van der Waals surface area contributed by atoms with Crippen LogP contribution in [-0.2, 0) is 48.8 Å². The summed E-state index contributed by atoms with van der Waals surface area (Å²) in [6, 6.07) is 46.6. The van der Waals surface area contributed by atoms with Crippen LogP contribution in [0.5, 0.6) is 0 Å². The van der Waals surface area contributed by atoms with Crippen LogP contribution in [0.3, 0.4) is 0 Å². The lowest BCUT2D eigenvalue weighted by atomic mass is 9.91. The molecule has 1 fully saturated rings. The van der Waals surface area contributed by atoms with Crippen LogP contribution in [0, 0.1) is 42.1 Å². The summed E-state index contributed by atoms with van der Waals surface area (Å²) < 4.78 is 73.2. The van der Waals surface area contributed by atoms with Gasteiger partial charge in [0.2, 0.25) is 15.6 Å². The van der Waals surface area contributed by atoms with Gasteiger partial charge < -0.3 is 64.1 Å². The molecular formula is C103H122Cl3F3N22O6S. The number of halogens is 6. The van der Waals surface area contributed by atoms with Crippen molar-refractivity contribution >= 4 is 95.7 Å². The summed E-state index contributed by atoms with van der Waals surface area (Å²) in [5, 5.41) is 21.4. The molecule has 15 rings (SSSR count). The molecule has 0 spiro atoms. The average Bonchev–Trinajstić information content (AvgIpc) is 1.63. The summed E-state index contributed by atoms with van der Waals surface area (Å²) in [7, 11) is -3.72. The van der Waals surface area contributed by atoms with E-state index in [1.165, 1.54) is 19.3 Å². The maximum Gasteiger partial charge on any atom is 0.354 e. The predicted molar refractivity (Wildman–Crippen MR) is 550 cm³/mol. The first-order valence-corrected chi connectivity index (χ1v) is 49.7. The van der Waals surface area contributed by atoms with Gasteiger partial charge in [-0.3, -0.25) is 28.5 Å². The van der Waals surface area contributed by atoms with Crippen LogP contribution < -0.4 is 72.0 Å². The number of benzene rings is 6. The zero-order chi connectivity index (χ0) is 98.4. The summed E-state index contributed by atoms with van der Waals surface area (Å²) >= 11 is 18.8. The van der Waals surface area contributed by atoms with Gasteiger partial charge in [0.1, 0.15) is 22.8 Å². The largest absolute Gasteiger partial charge is 0.370 e. The third kappa shape index (κ3) is 29.3. The fraction of sp³-hybridized carbons (Fsp3) is 0.359. The van der Waals surface area contributed by atoms with Gasteiger partial charge in [-0.25, -0.2) is 46.1 Å². The highest BCUT2D eigenvalue weighted by molar-refractivity contribution is 7.89. The zero-order valence-electron chi connectivity index (χ0n) is 78.7. The second-order valence-corrected chi connectivity index (χ2v) is 39.7. The molecule has 0 saturated carbocycles. The quantitative estimate of drug-likeness (QED) is 0.0125. The topological polar surface area (TPSA) is 435 Å². The molecule has 35 heteroatoms. The second kappa shape index (κ2) is 48.2. The number of aryl methyl sites for hydroxylation is 5. The average molecular weight is 1960 g/mol. The van der Waals surface area contributed by atoms with Gasteiger partial charge in [0.05, 0.1) is 55.0 Å². The van der Waals surface area contributed by atoms with Gasteiger partial charge in [0.25, 0.3) is 0 Å². The number of guanidine groups is 2. The van der Waals surface area contributed by atoms with Gasteiger partial charge in [-0.05, 0) is 262 Å². The van der Waals surface area contributed by atoms with E-state index < -0.39 is 50.6 Å². The Hall–Kier alpha value is -12.5. The van der Waals surface area contributed by atoms with Crippen molar-refractivity contribution in [2.75, 3.05) is 30.7 Å². The first-order valence-electron chi connectivity index (χ1n) is 46.9. The SMILES string of the molecule is CC(C)CCCc1cc(Cl)c(F)c(-c2cc3cn(-c4ccc(CN[C@H](CCN=C(N)N)CS(N)(=O)=O)cc4)c(=O)nc3[nH]2)c1.CC(C)CCCc1cc(Cl)c(F)c(-c2cc3cn(-c4ccc([C@@H]5CCC[C@@H](CCCc6cc[nH]c(=O)c6)N5)cc4)c(=O)nc3[nH]2)c1.Cc1ccnc(NC[C@@H](CCN=C(N)N)NCc2ccc(-n3cc4cc(-c5cc(CCCC(C)C)cc(Cl)c5F)[nH]c4nc3=O)cc2)c1. The van der Waals surface area contributed by atoms with Crippen LogP contribution >= 0.6 is 34.8 Å². The fourth-order valence-electron chi connectivity index (χ4n) is 17.1. The first-order chi connectivity index (χ1) is 66.1. The fourth-order valence-corrected chi connectivity index (χ4v) is 18.7.